The lowest BCUT2D eigenvalue weighted by Gasteiger charge is -2.21. The minimum absolute atomic E-state index is 0.0254. The van der Waals surface area contributed by atoms with Crippen molar-refractivity contribution in [2.45, 2.75) is 71.5 Å². The van der Waals surface area contributed by atoms with Gasteiger partial charge in [-0.2, -0.15) is 4.89 Å². The van der Waals surface area contributed by atoms with Gasteiger partial charge in [-0.05, 0) is 32.2 Å². The lowest BCUT2D eigenvalue weighted by Crippen LogP contribution is -2.25. The molecule has 0 aromatic rings. The summed E-state index contributed by atoms with van der Waals surface area (Å²) in [5.74, 6) is 0. The average Bonchev–Trinajstić information content (AvgIpc) is 2.38. The molecule has 0 aromatic carbocycles. The van der Waals surface area contributed by atoms with E-state index in [2.05, 4.69) is 16.8 Å². The van der Waals surface area contributed by atoms with Crippen molar-refractivity contribution in [1.82, 2.24) is 0 Å². The van der Waals surface area contributed by atoms with Crippen LogP contribution >= 0.6 is 0 Å². The van der Waals surface area contributed by atoms with E-state index in [1.54, 1.807) is 7.11 Å². The first kappa shape index (κ1) is 19.1. The van der Waals surface area contributed by atoms with Gasteiger partial charge >= 0.3 is 6.16 Å². The maximum atomic E-state index is 11.2. The zero-order chi connectivity index (χ0) is 15.4. The van der Waals surface area contributed by atoms with Gasteiger partial charge in [-0.1, -0.05) is 26.2 Å². The van der Waals surface area contributed by atoms with Gasteiger partial charge < -0.3 is 9.47 Å². The van der Waals surface area contributed by atoms with Crippen molar-refractivity contribution >= 4 is 6.16 Å². The molecule has 0 bridgehead atoms. The van der Waals surface area contributed by atoms with Crippen molar-refractivity contribution in [2.24, 2.45) is 0 Å². The van der Waals surface area contributed by atoms with E-state index in [1.165, 1.54) is 0 Å². The van der Waals surface area contributed by atoms with Gasteiger partial charge in [0.1, 0.15) is 5.60 Å². The fraction of sp³-hybridized carbons (Fsp3) is 0.929. The molecule has 0 rings (SSSR count). The van der Waals surface area contributed by atoms with Gasteiger partial charge in [0.15, 0.2) is 0 Å². The highest BCUT2D eigenvalue weighted by Crippen LogP contribution is 2.19. The van der Waals surface area contributed by atoms with Crippen molar-refractivity contribution in [3.63, 3.8) is 0 Å². The van der Waals surface area contributed by atoms with Gasteiger partial charge in [-0.3, -0.25) is 0 Å². The maximum absolute atomic E-state index is 11.2. The highest BCUT2D eigenvalue weighted by Gasteiger charge is 2.21. The average molecular weight is 292 g/mol. The molecule has 0 aliphatic carbocycles. The molecular formula is C14H28O6. The van der Waals surface area contributed by atoms with Crippen LogP contribution < -0.4 is 0 Å². The Labute approximate surface area is 121 Å². The van der Waals surface area contributed by atoms with Crippen LogP contribution in [0.1, 0.15) is 59.8 Å². The molecule has 0 aliphatic rings. The van der Waals surface area contributed by atoms with E-state index in [9.17, 15) is 4.79 Å². The molecule has 0 fully saturated rings. The predicted molar refractivity (Wildman–Crippen MR) is 73.9 cm³/mol. The molecule has 0 amide bonds. The van der Waals surface area contributed by atoms with Crippen molar-refractivity contribution in [3.8, 4) is 0 Å². The second kappa shape index (κ2) is 10.9. The predicted octanol–water partition coefficient (Wildman–Crippen LogP) is 3.79. The van der Waals surface area contributed by atoms with E-state index in [0.29, 0.717) is 6.42 Å². The second-order valence-electron chi connectivity index (χ2n) is 5.38. The molecule has 0 spiro atoms. The molecule has 0 saturated carbocycles. The summed E-state index contributed by atoms with van der Waals surface area (Å²) in [5.41, 5.74) is -0.500. The van der Waals surface area contributed by atoms with Crippen LogP contribution in [0.25, 0.3) is 0 Å². The number of carbonyl (C=O) groups excluding carboxylic acids is 1. The Hall–Kier alpha value is -0.850. The zero-order valence-corrected chi connectivity index (χ0v) is 13.3. The Kier molecular flexibility index (Phi) is 10.4. The summed E-state index contributed by atoms with van der Waals surface area (Å²) in [6.07, 6.45) is 3.83. The van der Waals surface area contributed by atoms with Gasteiger partial charge in [0.05, 0.1) is 12.7 Å². The van der Waals surface area contributed by atoms with E-state index in [-0.39, 0.29) is 12.7 Å². The number of methoxy groups -OCH3 is 1. The fourth-order valence-electron chi connectivity index (χ4n) is 1.43. The Morgan fingerprint density at radius 3 is 2.55 bits per heavy atom. The number of hydrogen-bond donors (Lipinski definition) is 0. The third-order valence-corrected chi connectivity index (χ3v) is 2.89. The third-order valence-electron chi connectivity index (χ3n) is 2.89. The minimum Gasteiger partial charge on any atom is -0.432 e. The number of rotatable bonds is 11. The molecule has 6 heteroatoms. The van der Waals surface area contributed by atoms with Crippen LogP contribution in [0.3, 0.4) is 0 Å². The van der Waals surface area contributed by atoms with E-state index < -0.39 is 11.8 Å². The van der Waals surface area contributed by atoms with Gasteiger partial charge in [-0.25, -0.2) is 9.68 Å². The van der Waals surface area contributed by atoms with Crippen LogP contribution in [-0.4, -0.2) is 31.6 Å². The molecular weight excluding hydrogens is 264 g/mol. The number of unbranched alkanes of at least 4 members (excludes halogenated alkanes) is 2. The van der Waals surface area contributed by atoms with Crippen LogP contribution in [0, 0.1) is 0 Å². The van der Waals surface area contributed by atoms with E-state index in [0.717, 1.165) is 25.7 Å². The lowest BCUT2D eigenvalue weighted by atomic mass is 10.0. The molecule has 20 heavy (non-hydrogen) atoms. The lowest BCUT2D eigenvalue weighted by molar-refractivity contribution is -0.517. The van der Waals surface area contributed by atoms with Crippen LogP contribution in [0.5, 0.6) is 0 Å². The molecule has 6 nitrogen and oxygen atoms in total. The molecule has 0 heterocycles. The third kappa shape index (κ3) is 11.0. The smallest absolute Gasteiger partial charge is 0.432 e. The highest BCUT2D eigenvalue weighted by molar-refractivity contribution is 5.58. The number of hydrogen-bond acceptors (Lipinski definition) is 6. The molecule has 0 radical (unpaired) electrons. The summed E-state index contributed by atoms with van der Waals surface area (Å²) in [6.45, 7) is 7.97. The molecule has 0 N–H and O–H groups in total. The van der Waals surface area contributed by atoms with Crippen molar-refractivity contribution in [2.75, 3.05) is 13.7 Å². The molecule has 0 aliphatic heterocycles. The topological polar surface area (TPSA) is 63.2 Å². The summed E-state index contributed by atoms with van der Waals surface area (Å²) in [5, 5.41) is 4.47. The minimum atomic E-state index is -0.919. The summed E-state index contributed by atoms with van der Waals surface area (Å²) >= 11 is 0. The van der Waals surface area contributed by atoms with Crippen molar-refractivity contribution in [3.05, 3.63) is 0 Å². The normalized spacial score (nSPS) is 13.1. The van der Waals surface area contributed by atoms with Crippen LogP contribution in [0.2, 0.25) is 0 Å². The summed E-state index contributed by atoms with van der Waals surface area (Å²) in [7, 11) is 1.60. The molecule has 1 atom stereocenters. The first-order valence-electron chi connectivity index (χ1n) is 7.13. The van der Waals surface area contributed by atoms with Crippen LogP contribution in [-0.2, 0) is 24.3 Å². The number of ether oxygens (including phenoxy) is 2. The van der Waals surface area contributed by atoms with Gasteiger partial charge in [0, 0.05) is 13.5 Å². The van der Waals surface area contributed by atoms with Gasteiger partial charge in [-0.15, -0.1) is 0 Å². The molecule has 0 saturated heterocycles. The highest BCUT2D eigenvalue weighted by atomic mass is 17.5. The Balaban J connectivity index is 3.63. The Morgan fingerprint density at radius 2 is 1.95 bits per heavy atom. The quantitative estimate of drug-likeness (QED) is 0.250. The number of carbonyl (C=O) groups is 1. The van der Waals surface area contributed by atoms with Crippen LogP contribution in [0.4, 0.5) is 4.79 Å². The van der Waals surface area contributed by atoms with Gasteiger partial charge in [0.25, 0.3) is 0 Å². The first-order valence-corrected chi connectivity index (χ1v) is 7.13. The van der Waals surface area contributed by atoms with Crippen LogP contribution in [0.15, 0.2) is 0 Å². The summed E-state index contributed by atoms with van der Waals surface area (Å²) in [6, 6.07) is 0. The summed E-state index contributed by atoms with van der Waals surface area (Å²) < 4.78 is 9.80. The first-order chi connectivity index (χ1) is 9.41. The SMILES string of the molecule is CCCCCC(C)(C)OOOC(=O)OCCC(C)OC. The van der Waals surface area contributed by atoms with E-state index in [4.69, 9.17) is 14.4 Å². The molecule has 0 aromatic heterocycles. The molecule has 1 unspecified atom stereocenters. The van der Waals surface area contributed by atoms with Gasteiger partial charge in [0.2, 0.25) is 0 Å². The van der Waals surface area contributed by atoms with E-state index >= 15 is 0 Å². The van der Waals surface area contributed by atoms with Crippen molar-refractivity contribution in [1.29, 1.82) is 0 Å². The summed E-state index contributed by atoms with van der Waals surface area (Å²) in [4.78, 5) is 20.6. The Bertz CT molecular complexity index is 254. The fourth-order valence-corrected chi connectivity index (χ4v) is 1.43. The zero-order valence-electron chi connectivity index (χ0n) is 13.3. The monoisotopic (exact) mass is 292 g/mol. The largest absolute Gasteiger partial charge is 0.542 e. The van der Waals surface area contributed by atoms with Crippen molar-refractivity contribution < 1.29 is 29.1 Å². The standard InChI is InChI=1S/C14H28O6/c1-6-7-8-10-14(3,4)19-20-18-13(15)17-11-9-12(2)16-5/h12H,6-11H2,1-5H3. The second-order valence-corrected chi connectivity index (χ2v) is 5.38. The molecule has 120 valence electrons. The maximum Gasteiger partial charge on any atom is 0.542 e. The van der Waals surface area contributed by atoms with E-state index in [1.807, 2.05) is 20.8 Å². The Morgan fingerprint density at radius 1 is 1.25 bits per heavy atom.